The van der Waals surface area contributed by atoms with Crippen LogP contribution in [-0.2, 0) is 34.2 Å². The number of carbonyl (C=O) groups is 4. The number of amides is 3. The molecule has 0 bridgehead atoms. The molecule has 3 aliphatic rings. The Labute approximate surface area is 413 Å². The first-order chi connectivity index (χ1) is 31.5. The van der Waals surface area contributed by atoms with Crippen LogP contribution in [0.2, 0.25) is 0 Å². The Morgan fingerprint density at radius 3 is 2.05 bits per heavy atom. The smallest absolute Gasteiger partial charge is 0.414 e. The first-order valence-electron chi connectivity index (χ1n) is 21.2. The molecule has 3 amide bonds. The van der Waals surface area contributed by atoms with Gasteiger partial charge in [0.15, 0.2) is 10.8 Å². The summed E-state index contributed by atoms with van der Waals surface area (Å²) in [4.78, 5) is 73.8. The van der Waals surface area contributed by atoms with E-state index in [2.05, 4.69) is 57.2 Å². The number of thioether (sulfide) groups is 2. The predicted octanol–water partition coefficient (Wildman–Crippen LogP) is 8.99. The van der Waals surface area contributed by atoms with Crippen LogP contribution in [0.25, 0.3) is 0 Å². The Bertz CT molecular complexity index is 2440. The number of esters is 1. The number of β-lactam (4-membered cyclic amide) rings is 1. The summed E-state index contributed by atoms with van der Waals surface area (Å²) in [5.41, 5.74) is 0.281. The van der Waals surface area contributed by atoms with Gasteiger partial charge in [-0.2, -0.15) is 0 Å². The first-order valence-corrected chi connectivity index (χ1v) is 24.0. The van der Waals surface area contributed by atoms with E-state index in [9.17, 15) is 19.2 Å². The summed E-state index contributed by atoms with van der Waals surface area (Å²) in [6, 6.07) is 32.5. The van der Waals surface area contributed by atoms with Crippen LogP contribution in [0.3, 0.4) is 0 Å². The van der Waals surface area contributed by atoms with Crippen molar-refractivity contribution in [1.29, 1.82) is 0 Å². The Balaban J connectivity index is 0.00000648. The highest BCUT2D eigenvalue weighted by molar-refractivity contribution is 14.0. The van der Waals surface area contributed by atoms with Gasteiger partial charge in [0.1, 0.15) is 41.1 Å². The summed E-state index contributed by atoms with van der Waals surface area (Å²) in [7, 11) is 1.33. The van der Waals surface area contributed by atoms with Crippen molar-refractivity contribution >= 4 is 93.6 Å². The van der Waals surface area contributed by atoms with Crippen molar-refractivity contribution in [1.82, 2.24) is 25.1 Å². The molecule has 3 aromatic carbocycles. The number of ether oxygens (including phenoxy) is 2. The Kier molecular flexibility index (Phi) is 15.8. The van der Waals surface area contributed by atoms with Crippen molar-refractivity contribution in [2.45, 2.75) is 85.5 Å². The largest absolute Gasteiger partial charge is 0.444 e. The number of oxime groups is 1. The minimum atomic E-state index is -1.12. The molecule has 2 fully saturated rings. The fraction of sp³-hybridized carbons (Fsp3) is 0.312. The molecule has 1 saturated heterocycles. The molecule has 5 aromatic rings. The first kappa shape index (κ1) is 48.5. The molecular weight excluding hydrogens is 1010 g/mol. The topological polar surface area (TPSA) is 165 Å². The van der Waals surface area contributed by atoms with E-state index in [0.29, 0.717) is 10.9 Å². The minimum absolute atomic E-state index is 0. The van der Waals surface area contributed by atoms with Gasteiger partial charge in [0.2, 0.25) is 5.56 Å². The van der Waals surface area contributed by atoms with Gasteiger partial charge >= 0.3 is 12.1 Å². The third-order valence-corrected chi connectivity index (χ3v) is 14.1. The highest BCUT2D eigenvalue weighted by Gasteiger charge is 2.54. The Morgan fingerprint density at radius 2 is 1.48 bits per heavy atom. The van der Waals surface area contributed by atoms with Crippen LogP contribution in [0.5, 0.6) is 0 Å². The van der Waals surface area contributed by atoms with Gasteiger partial charge in [-0.25, -0.2) is 14.6 Å². The van der Waals surface area contributed by atoms with Gasteiger partial charge in [-0.05, 0) is 68.5 Å². The van der Waals surface area contributed by atoms with E-state index in [0.717, 1.165) is 47.3 Å². The van der Waals surface area contributed by atoms with Crippen LogP contribution >= 0.6 is 58.8 Å². The van der Waals surface area contributed by atoms with Crippen LogP contribution in [0.4, 0.5) is 9.93 Å². The normalized spacial score (nSPS) is 17.8. The number of hydrogen-bond acceptors (Lipinski definition) is 14. The standard InChI is InChI=1S/C48H49N7O7S3.HI/c1-47(2,3)62-45(59)54(34-22-14-15-23-34)46(65-35-24-27-49-28-25-35)61-43(58)37-26-29-63-42-39(41(57)55(37)42)51-40(56)38(53-60-4)36-30-64-44(50-36)52-48(31-16-8-5-9-17-31,32-18-10-6-11-19-32)33-20-12-7-13-21-33;/h5-13,16-21,24-28,30,34,39,42,46H,14-15,22-23,29H2,1-4H3,(H,50,52)(H,51,56);1H/b53-38-;/t39?,42-,46?;/m0./s1. The van der Waals surface area contributed by atoms with Crippen LogP contribution in [0.15, 0.2) is 143 Å². The predicted molar refractivity (Wildman–Crippen MR) is 267 cm³/mol. The molecule has 14 nitrogen and oxygen atoms in total. The lowest BCUT2D eigenvalue weighted by molar-refractivity contribution is -0.156. The minimum Gasteiger partial charge on any atom is -0.444 e. The molecule has 0 spiro atoms. The van der Waals surface area contributed by atoms with E-state index in [-0.39, 0.29) is 47.1 Å². The van der Waals surface area contributed by atoms with Crippen molar-refractivity contribution in [3.8, 4) is 0 Å². The molecule has 2 N–H and O–H groups in total. The maximum absolute atomic E-state index is 14.2. The average molecular weight is 1060 g/mol. The third kappa shape index (κ3) is 10.6. The van der Waals surface area contributed by atoms with Crippen LogP contribution in [-0.4, -0.2) is 90.8 Å². The van der Waals surface area contributed by atoms with E-state index in [1.54, 1.807) is 56.8 Å². The summed E-state index contributed by atoms with van der Waals surface area (Å²) in [5, 5.41) is 12.2. The van der Waals surface area contributed by atoms with E-state index in [1.165, 1.54) is 51.8 Å². The number of pyridine rings is 1. The Hall–Kier alpha value is -5.44. The van der Waals surface area contributed by atoms with Crippen molar-refractivity contribution < 1.29 is 33.5 Å². The van der Waals surface area contributed by atoms with Gasteiger partial charge in [0, 0.05) is 34.5 Å². The van der Waals surface area contributed by atoms with Crippen molar-refractivity contribution in [3.63, 3.8) is 0 Å². The van der Waals surface area contributed by atoms with Crippen molar-refractivity contribution in [2.24, 2.45) is 5.16 Å². The number of nitrogens with one attached hydrogen (secondary N) is 2. The molecule has 4 heterocycles. The van der Waals surface area contributed by atoms with Crippen LogP contribution in [0.1, 0.15) is 68.8 Å². The van der Waals surface area contributed by atoms with E-state index < -0.39 is 52.0 Å². The van der Waals surface area contributed by atoms with Crippen LogP contribution < -0.4 is 10.6 Å². The highest BCUT2D eigenvalue weighted by atomic mass is 127. The fourth-order valence-corrected chi connectivity index (χ4v) is 11.1. The molecule has 2 aliphatic heterocycles. The van der Waals surface area contributed by atoms with Gasteiger partial charge in [0.25, 0.3) is 11.8 Å². The van der Waals surface area contributed by atoms with E-state index in [4.69, 9.17) is 19.3 Å². The lowest BCUT2D eigenvalue weighted by atomic mass is 9.77. The van der Waals surface area contributed by atoms with E-state index in [1.807, 2.05) is 54.6 Å². The zero-order valence-electron chi connectivity index (χ0n) is 36.7. The van der Waals surface area contributed by atoms with Gasteiger partial charge in [0.05, 0.1) is 0 Å². The lowest BCUT2D eigenvalue weighted by Gasteiger charge is -2.48. The number of halogens is 1. The number of aromatic nitrogens is 2. The van der Waals surface area contributed by atoms with Gasteiger partial charge in [-0.3, -0.25) is 24.4 Å². The highest BCUT2D eigenvalue weighted by Crippen LogP contribution is 2.42. The SMILES string of the molecule is CO/N=C(\C(=O)NC1C(=O)N2C(C(=O)OC(Sc3ccncc3)N(C(=O)OC(C)(C)C)C3CCCC3)=CCS[C@@H]12)c1csc(NC(c2ccccc2)(c2ccccc2)c2ccccc2)n1.I. The van der Waals surface area contributed by atoms with E-state index >= 15 is 0 Å². The molecule has 1 aliphatic carbocycles. The average Bonchev–Trinajstić information content (AvgIpc) is 4.02. The van der Waals surface area contributed by atoms with Gasteiger partial charge in [-0.15, -0.1) is 47.1 Å². The molecule has 18 heteroatoms. The quantitative estimate of drug-likeness (QED) is 0.0150. The zero-order valence-corrected chi connectivity index (χ0v) is 41.5. The molecule has 3 atom stereocenters. The molecule has 0 radical (unpaired) electrons. The second-order valence-corrected chi connectivity index (χ2v) is 19.6. The lowest BCUT2D eigenvalue weighted by Crippen LogP contribution is -2.70. The fourth-order valence-electron chi connectivity index (χ4n) is 8.14. The second-order valence-electron chi connectivity index (χ2n) is 16.4. The number of carbonyl (C=O) groups excluding carboxylic acids is 4. The number of anilines is 1. The molecule has 2 unspecified atom stereocenters. The van der Waals surface area contributed by atoms with Crippen molar-refractivity contribution in [2.75, 3.05) is 18.2 Å². The van der Waals surface area contributed by atoms with Crippen molar-refractivity contribution in [3.05, 3.63) is 155 Å². The molecule has 344 valence electrons. The van der Waals surface area contributed by atoms with Gasteiger partial charge < -0.3 is 24.9 Å². The maximum atomic E-state index is 14.2. The number of fused-ring (bicyclic) bond motifs is 1. The van der Waals surface area contributed by atoms with Crippen LogP contribution in [0, 0.1) is 0 Å². The summed E-state index contributed by atoms with van der Waals surface area (Å²) in [6.45, 7) is 5.36. The zero-order chi connectivity index (χ0) is 45.6. The summed E-state index contributed by atoms with van der Waals surface area (Å²) < 4.78 is 12.0. The maximum Gasteiger partial charge on any atom is 0.414 e. The molecule has 2 aromatic heterocycles. The molecule has 8 rings (SSSR count). The summed E-state index contributed by atoms with van der Waals surface area (Å²) in [6.07, 6.45) is 7.54. The second kappa shape index (κ2) is 21.5. The third-order valence-electron chi connectivity index (χ3n) is 11.0. The summed E-state index contributed by atoms with van der Waals surface area (Å²) >= 11 is 3.87. The molecule has 1 saturated carbocycles. The number of rotatable bonds is 15. The van der Waals surface area contributed by atoms with Gasteiger partial charge in [-0.1, -0.05) is 121 Å². The number of hydrogen-bond donors (Lipinski definition) is 2. The number of thiazole rings is 1. The number of benzene rings is 3. The molecular formula is C48H50IN7O7S3. The molecule has 66 heavy (non-hydrogen) atoms. The monoisotopic (exact) mass is 1060 g/mol. The number of nitrogens with zero attached hydrogens (tertiary/aromatic N) is 5. The summed E-state index contributed by atoms with van der Waals surface area (Å²) in [5.74, 6) is -1.61. The Morgan fingerprint density at radius 1 is 0.894 bits per heavy atom.